The third-order valence-corrected chi connectivity index (χ3v) is 3.38. The third-order valence-electron chi connectivity index (χ3n) is 2.58. The number of hydrogen-bond donors (Lipinski definition) is 1. The summed E-state index contributed by atoms with van der Waals surface area (Å²) in [7, 11) is 1.76. The van der Waals surface area contributed by atoms with Gasteiger partial charge in [0.05, 0.1) is 5.51 Å². The Hall–Kier alpha value is -1.33. The summed E-state index contributed by atoms with van der Waals surface area (Å²) < 4.78 is 26.4. The minimum Gasteiger partial charge on any atom is -0.313 e. The van der Waals surface area contributed by atoms with Crippen LogP contribution in [0.2, 0.25) is 0 Å². The van der Waals surface area contributed by atoms with E-state index in [1.807, 2.05) is 0 Å². The van der Waals surface area contributed by atoms with E-state index in [0.717, 1.165) is 10.9 Å². The molecule has 0 fully saturated rings. The van der Waals surface area contributed by atoms with Crippen LogP contribution in [-0.4, -0.2) is 12.0 Å². The number of nitrogens with zero attached hydrogens (tertiary/aromatic N) is 1. The lowest BCUT2D eigenvalue weighted by Gasteiger charge is -2.16. The predicted molar refractivity (Wildman–Crippen MR) is 64.0 cm³/mol. The molecule has 17 heavy (non-hydrogen) atoms. The van der Waals surface area contributed by atoms with E-state index in [0.29, 0.717) is 12.0 Å². The van der Waals surface area contributed by atoms with E-state index in [1.165, 1.54) is 23.5 Å². The summed E-state index contributed by atoms with van der Waals surface area (Å²) in [4.78, 5) is 5.04. The van der Waals surface area contributed by atoms with Crippen molar-refractivity contribution in [2.24, 2.45) is 0 Å². The number of likely N-dealkylation sites (N-methyl/N-ethyl adjacent to an activating group) is 1. The molecule has 5 heteroatoms. The van der Waals surface area contributed by atoms with E-state index < -0.39 is 11.6 Å². The highest BCUT2D eigenvalue weighted by Gasteiger charge is 2.15. The zero-order valence-corrected chi connectivity index (χ0v) is 10.1. The second kappa shape index (κ2) is 5.33. The van der Waals surface area contributed by atoms with Gasteiger partial charge in [-0.1, -0.05) is 6.07 Å². The Balaban J connectivity index is 2.23. The van der Waals surface area contributed by atoms with Gasteiger partial charge in [-0.2, -0.15) is 0 Å². The Labute approximate surface area is 102 Å². The fourth-order valence-corrected chi connectivity index (χ4v) is 2.34. The minimum atomic E-state index is -0.557. The van der Waals surface area contributed by atoms with Gasteiger partial charge in [0.1, 0.15) is 11.6 Å². The lowest BCUT2D eigenvalue weighted by Crippen LogP contribution is -2.19. The molecule has 2 aromatic rings. The van der Waals surface area contributed by atoms with Crippen molar-refractivity contribution in [3.63, 3.8) is 0 Å². The topological polar surface area (TPSA) is 24.9 Å². The highest BCUT2D eigenvalue weighted by molar-refractivity contribution is 7.09. The average molecular weight is 254 g/mol. The standard InChI is InChI=1S/C12H12F2N2S/c1-15-12(5-9-6-16-7-17-9)10-3-2-8(13)4-11(10)14/h2-4,6-7,12,15H,5H2,1H3. The molecule has 0 saturated carbocycles. The maximum absolute atomic E-state index is 13.6. The molecule has 2 nitrogen and oxygen atoms in total. The van der Waals surface area contributed by atoms with Crippen molar-refractivity contribution in [1.29, 1.82) is 0 Å². The molecular weight excluding hydrogens is 242 g/mol. The van der Waals surface area contributed by atoms with Gasteiger partial charge < -0.3 is 5.32 Å². The van der Waals surface area contributed by atoms with Crippen molar-refractivity contribution < 1.29 is 8.78 Å². The van der Waals surface area contributed by atoms with Crippen LogP contribution in [0.5, 0.6) is 0 Å². The SMILES string of the molecule is CNC(Cc1cncs1)c1ccc(F)cc1F. The summed E-state index contributed by atoms with van der Waals surface area (Å²) in [6, 6.07) is 3.49. The molecule has 90 valence electrons. The second-order valence-corrected chi connectivity index (χ2v) is 4.65. The Morgan fingerprint density at radius 3 is 2.82 bits per heavy atom. The van der Waals surface area contributed by atoms with E-state index in [-0.39, 0.29) is 6.04 Å². The van der Waals surface area contributed by atoms with Crippen molar-refractivity contribution in [1.82, 2.24) is 10.3 Å². The van der Waals surface area contributed by atoms with E-state index in [9.17, 15) is 8.78 Å². The van der Waals surface area contributed by atoms with Crippen molar-refractivity contribution >= 4 is 11.3 Å². The quantitative estimate of drug-likeness (QED) is 0.907. The first-order valence-electron chi connectivity index (χ1n) is 5.20. The summed E-state index contributed by atoms with van der Waals surface area (Å²) in [5.74, 6) is -1.08. The molecule has 2 rings (SSSR count). The number of hydrogen-bond acceptors (Lipinski definition) is 3. The first kappa shape index (κ1) is 12.1. The van der Waals surface area contributed by atoms with Gasteiger partial charge in [-0.15, -0.1) is 11.3 Å². The zero-order chi connectivity index (χ0) is 12.3. The summed E-state index contributed by atoms with van der Waals surface area (Å²) in [6.45, 7) is 0. The van der Waals surface area contributed by atoms with Crippen LogP contribution >= 0.6 is 11.3 Å². The van der Waals surface area contributed by atoms with E-state index in [2.05, 4.69) is 10.3 Å². The van der Waals surface area contributed by atoms with Gasteiger partial charge in [-0.25, -0.2) is 8.78 Å². The molecule has 0 aliphatic rings. The zero-order valence-electron chi connectivity index (χ0n) is 9.28. The lowest BCUT2D eigenvalue weighted by atomic mass is 10.0. The van der Waals surface area contributed by atoms with E-state index in [1.54, 1.807) is 18.8 Å². The number of aromatic nitrogens is 1. The Kier molecular flexibility index (Phi) is 3.81. The normalized spacial score (nSPS) is 12.6. The van der Waals surface area contributed by atoms with Gasteiger partial charge >= 0.3 is 0 Å². The molecule has 0 saturated heterocycles. The maximum atomic E-state index is 13.6. The fourth-order valence-electron chi connectivity index (χ4n) is 1.70. The predicted octanol–water partition coefficient (Wildman–Crippen LogP) is 2.92. The molecule has 0 radical (unpaired) electrons. The van der Waals surface area contributed by atoms with Gasteiger partial charge in [-0.05, 0) is 13.1 Å². The van der Waals surface area contributed by atoms with Crippen LogP contribution < -0.4 is 5.32 Å². The summed E-state index contributed by atoms with van der Waals surface area (Å²) >= 11 is 1.52. The van der Waals surface area contributed by atoms with Crippen LogP contribution in [0.25, 0.3) is 0 Å². The van der Waals surface area contributed by atoms with Crippen molar-refractivity contribution in [2.45, 2.75) is 12.5 Å². The number of thiazole rings is 1. The molecule has 1 heterocycles. The summed E-state index contributed by atoms with van der Waals surface area (Å²) in [6.07, 6.45) is 2.40. The van der Waals surface area contributed by atoms with Crippen LogP contribution in [0.4, 0.5) is 8.78 Å². The number of nitrogens with one attached hydrogen (secondary N) is 1. The smallest absolute Gasteiger partial charge is 0.130 e. The monoisotopic (exact) mass is 254 g/mol. The molecule has 0 aliphatic heterocycles. The van der Waals surface area contributed by atoms with Crippen LogP contribution in [-0.2, 0) is 6.42 Å². The molecule has 1 aromatic heterocycles. The molecule has 1 atom stereocenters. The number of benzene rings is 1. The number of halogens is 2. The second-order valence-electron chi connectivity index (χ2n) is 3.68. The van der Waals surface area contributed by atoms with Gasteiger partial charge in [0.25, 0.3) is 0 Å². The van der Waals surface area contributed by atoms with Gasteiger partial charge in [-0.3, -0.25) is 4.98 Å². The first-order chi connectivity index (χ1) is 8.20. The molecule has 0 spiro atoms. The Morgan fingerprint density at radius 2 is 2.24 bits per heavy atom. The number of rotatable bonds is 4. The summed E-state index contributed by atoms with van der Waals surface area (Å²) in [5.41, 5.74) is 2.21. The minimum absolute atomic E-state index is 0.170. The van der Waals surface area contributed by atoms with Crippen LogP contribution in [0, 0.1) is 11.6 Å². The van der Waals surface area contributed by atoms with Gasteiger partial charge in [0.2, 0.25) is 0 Å². The Morgan fingerprint density at radius 1 is 1.41 bits per heavy atom. The highest BCUT2D eigenvalue weighted by atomic mass is 32.1. The van der Waals surface area contributed by atoms with Gasteiger partial charge in [0, 0.05) is 35.2 Å². The summed E-state index contributed by atoms with van der Waals surface area (Å²) in [5, 5.41) is 3.03. The van der Waals surface area contributed by atoms with E-state index >= 15 is 0 Å². The van der Waals surface area contributed by atoms with Crippen LogP contribution in [0.3, 0.4) is 0 Å². The fraction of sp³-hybridized carbons (Fsp3) is 0.250. The molecular formula is C12H12F2N2S. The van der Waals surface area contributed by atoms with Crippen LogP contribution in [0.15, 0.2) is 29.9 Å². The molecule has 0 amide bonds. The molecule has 1 aromatic carbocycles. The average Bonchev–Trinajstić information content (AvgIpc) is 2.79. The first-order valence-corrected chi connectivity index (χ1v) is 6.08. The largest absolute Gasteiger partial charge is 0.313 e. The molecule has 1 unspecified atom stereocenters. The Bertz CT molecular complexity index is 485. The van der Waals surface area contributed by atoms with Crippen molar-refractivity contribution in [2.75, 3.05) is 7.05 Å². The molecule has 0 bridgehead atoms. The van der Waals surface area contributed by atoms with Crippen LogP contribution in [0.1, 0.15) is 16.5 Å². The molecule has 1 N–H and O–H groups in total. The van der Waals surface area contributed by atoms with E-state index in [4.69, 9.17) is 0 Å². The maximum Gasteiger partial charge on any atom is 0.130 e. The van der Waals surface area contributed by atoms with Crippen molar-refractivity contribution in [3.8, 4) is 0 Å². The molecule has 0 aliphatic carbocycles. The highest BCUT2D eigenvalue weighted by Crippen LogP contribution is 2.23. The van der Waals surface area contributed by atoms with Crippen molar-refractivity contribution in [3.05, 3.63) is 52.0 Å². The van der Waals surface area contributed by atoms with Gasteiger partial charge in [0.15, 0.2) is 0 Å². The third kappa shape index (κ3) is 2.87. The lowest BCUT2D eigenvalue weighted by molar-refractivity contribution is 0.523.